The van der Waals surface area contributed by atoms with E-state index in [1.165, 1.54) is 0 Å². The van der Waals surface area contributed by atoms with Gasteiger partial charge in [0.25, 0.3) is 0 Å². The van der Waals surface area contributed by atoms with Crippen LogP contribution in [0.5, 0.6) is 17.2 Å². The molecule has 2 nitrogen and oxygen atoms in total. The van der Waals surface area contributed by atoms with E-state index in [0.29, 0.717) is 16.0 Å². The highest BCUT2D eigenvalue weighted by atomic mass is 79.9. The van der Waals surface area contributed by atoms with Crippen LogP contribution in [0.3, 0.4) is 0 Å². The SMILES string of the molecule is Oc1ccc(Oc2ccc(Br)cc2Br)c(Br)c1. The lowest BCUT2D eigenvalue weighted by atomic mass is 10.3. The first kappa shape index (κ1) is 12.9. The van der Waals surface area contributed by atoms with Crippen LogP contribution in [-0.2, 0) is 0 Å². The lowest BCUT2D eigenvalue weighted by Gasteiger charge is -2.09. The molecule has 0 saturated carbocycles. The second-order valence-electron chi connectivity index (χ2n) is 3.29. The van der Waals surface area contributed by atoms with Gasteiger partial charge in [-0.3, -0.25) is 0 Å². The van der Waals surface area contributed by atoms with E-state index < -0.39 is 0 Å². The molecule has 17 heavy (non-hydrogen) atoms. The van der Waals surface area contributed by atoms with Crippen molar-refractivity contribution in [2.45, 2.75) is 0 Å². The summed E-state index contributed by atoms with van der Waals surface area (Å²) in [4.78, 5) is 0. The monoisotopic (exact) mass is 420 g/mol. The van der Waals surface area contributed by atoms with Crippen molar-refractivity contribution in [3.05, 3.63) is 49.8 Å². The Hall–Kier alpha value is -0.520. The molecule has 0 fully saturated rings. The van der Waals surface area contributed by atoms with Crippen molar-refractivity contribution in [2.75, 3.05) is 0 Å². The van der Waals surface area contributed by atoms with Gasteiger partial charge in [0, 0.05) is 4.47 Å². The van der Waals surface area contributed by atoms with Gasteiger partial charge in [-0.05, 0) is 68.3 Å². The summed E-state index contributed by atoms with van der Waals surface area (Å²) in [5, 5.41) is 9.29. The molecular weight excluding hydrogens is 416 g/mol. The van der Waals surface area contributed by atoms with E-state index in [-0.39, 0.29) is 5.75 Å². The fraction of sp³-hybridized carbons (Fsp3) is 0. The van der Waals surface area contributed by atoms with E-state index in [0.717, 1.165) is 8.95 Å². The normalized spacial score (nSPS) is 10.3. The maximum atomic E-state index is 9.29. The van der Waals surface area contributed by atoms with E-state index in [2.05, 4.69) is 47.8 Å². The van der Waals surface area contributed by atoms with Gasteiger partial charge in [0.15, 0.2) is 0 Å². The molecule has 2 rings (SSSR count). The molecule has 0 bridgehead atoms. The topological polar surface area (TPSA) is 29.5 Å². The van der Waals surface area contributed by atoms with Gasteiger partial charge in [-0.15, -0.1) is 0 Å². The zero-order chi connectivity index (χ0) is 12.4. The molecule has 1 N–H and O–H groups in total. The Labute approximate surface area is 124 Å². The summed E-state index contributed by atoms with van der Waals surface area (Å²) in [6, 6.07) is 10.5. The number of rotatable bonds is 2. The Bertz CT molecular complexity index is 506. The van der Waals surface area contributed by atoms with E-state index >= 15 is 0 Å². The Morgan fingerprint density at radius 3 is 2.00 bits per heavy atom. The van der Waals surface area contributed by atoms with Crippen molar-refractivity contribution in [2.24, 2.45) is 0 Å². The van der Waals surface area contributed by atoms with E-state index in [1.54, 1.807) is 18.2 Å². The average molecular weight is 423 g/mol. The highest BCUT2D eigenvalue weighted by Gasteiger charge is 2.07. The molecule has 0 atom stereocenters. The summed E-state index contributed by atoms with van der Waals surface area (Å²) in [5.74, 6) is 1.55. The second-order valence-corrected chi connectivity index (χ2v) is 5.92. The van der Waals surface area contributed by atoms with Gasteiger partial charge in [0.05, 0.1) is 8.95 Å². The highest BCUT2D eigenvalue weighted by Crippen LogP contribution is 2.36. The Kier molecular flexibility index (Phi) is 4.12. The van der Waals surface area contributed by atoms with Crippen LogP contribution in [0.25, 0.3) is 0 Å². The van der Waals surface area contributed by atoms with Gasteiger partial charge in [0.1, 0.15) is 17.2 Å². The average Bonchev–Trinajstić information content (AvgIpc) is 2.25. The molecule has 5 heteroatoms. The van der Waals surface area contributed by atoms with Crippen molar-refractivity contribution >= 4 is 47.8 Å². The van der Waals surface area contributed by atoms with Crippen molar-refractivity contribution in [1.29, 1.82) is 0 Å². The van der Waals surface area contributed by atoms with Crippen LogP contribution in [-0.4, -0.2) is 5.11 Å². The van der Waals surface area contributed by atoms with Crippen molar-refractivity contribution in [1.82, 2.24) is 0 Å². The highest BCUT2D eigenvalue weighted by molar-refractivity contribution is 9.11. The molecule has 0 saturated heterocycles. The predicted octanol–water partition coefficient (Wildman–Crippen LogP) is 5.47. The molecule has 0 aliphatic heterocycles. The third-order valence-electron chi connectivity index (χ3n) is 2.03. The number of phenolic OH excluding ortho intramolecular Hbond substituents is 1. The summed E-state index contributed by atoms with van der Waals surface area (Å²) in [7, 11) is 0. The predicted molar refractivity (Wildman–Crippen MR) is 77.7 cm³/mol. The quantitative estimate of drug-likeness (QED) is 0.695. The first-order valence-corrected chi connectivity index (χ1v) is 7.05. The van der Waals surface area contributed by atoms with Crippen LogP contribution in [0.1, 0.15) is 0 Å². The van der Waals surface area contributed by atoms with Crippen LogP contribution < -0.4 is 4.74 Å². The minimum Gasteiger partial charge on any atom is -0.508 e. The molecule has 0 heterocycles. The van der Waals surface area contributed by atoms with E-state index in [4.69, 9.17) is 4.74 Å². The molecule has 0 radical (unpaired) electrons. The molecule has 2 aromatic carbocycles. The van der Waals surface area contributed by atoms with Gasteiger partial charge in [0.2, 0.25) is 0 Å². The maximum Gasteiger partial charge on any atom is 0.141 e. The van der Waals surface area contributed by atoms with Crippen LogP contribution in [0.4, 0.5) is 0 Å². The standard InChI is InChI=1S/C12H7Br3O2/c13-7-1-3-11(9(14)5-7)17-12-4-2-8(16)6-10(12)15/h1-6,16H. The van der Waals surface area contributed by atoms with Crippen molar-refractivity contribution in [3.63, 3.8) is 0 Å². The molecule has 0 aliphatic carbocycles. The zero-order valence-corrected chi connectivity index (χ0v) is 13.2. The van der Waals surface area contributed by atoms with E-state index in [9.17, 15) is 5.11 Å². The molecule has 0 unspecified atom stereocenters. The lowest BCUT2D eigenvalue weighted by Crippen LogP contribution is -1.86. The number of ether oxygens (including phenoxy) is 1. The van der Waals surface area contributed by atoms with Gasteiger partial charge in [-0.1, -0.05) is 15.9 Å². The van der Waals surface area contributed by atoms with Crippen LogP contribution in [0, 0.1) is 0 Å². The number of hydrogen-bond acceptors (Lipinski definition) is 2. The molecule has 0 spiro atoms. The Balaban J connectivity index is 2.31. The van der Waals surface area contributed by atoms with Crippen molar-refractivity contribution < 1.29 is 9.84 Å². The summed E-state index contributed by atoms with van der Waals surface area (Å²) >= 11 is 10.1. The fourth-order valence-corrected chi connectivity index (χ4v) is 2.82. The molecule has 88 valence electrons. The number of hydrogen-bond donors (Lipinski definition) is 1. The third-order valence-corrected chi connectivity index (χ3v) is 3.76. The van der Waals surface area contributed by atoms with Gasteiger partial charge < -0.3 is 9.84 Å². The number of phenols is 1. The molecule has 0 amide bonds. The fourth-order valence-electron chi connectivity index (χ4n) is 1.25. The summed E-state index contributed by atoms with van der Waals surface area (Å²) in [6.07, 6.45) is 0. The summed E-state index contributed by atoms with van der Waals surface area (Å²) < 4.78 is 8.25. The number of aromatic hydroxyl groups is 1. The van der Waals surface area contributed by atoms with Crippen LogP contribution >= 0.6 is 47.8 Å². The third kappa shape index (κ3) is 3.24. The summed E-state index contributed by atoms with van der Waals surface area (Å²) in [6.45, 7) is 0. The minimum absolute atomic E-state index is 0.194. The largest absolute Gasteiger partial charge is 0.508 e. The smallest absolute Gasteiger partial charge is 0.141 e. The number of benzene rings is 2. The van der Waals surface area contributed by atoms with Gasteiger partial charge in [-0.25, -0.2) is 0 Å². The molecule has 2 aromatic rings. The molecular formula is C12H7Br3O2. The van der Waals surface area contributed by atoms with Gasteiger partial charge in [-0.2, -0.15) is 0 Å². The van der Waals surface area contributed by atoms with Crippen LogP contribution in [0.2, 0.25) is 0 Å². The maximum absolute atomic E-state index is 9.29. The summed E-state index contributed by atoms with van der Waals surface area (Å²) in [5.41, 5.74) is 0. The van der Waals surface area contributed by atoms with Crippen molar-refractivity contribution in [3.8, 4) is 17.2 Å². The Morgan fingerprint density at radius 2 is 1.41 bits per heavy atom. The second kappa shape index (κ2) is 5.42. The number of halogens is 3. The van der Waals surface area contributed by atoms with Crippen LogP contribution in [0.15, 0.2) is 49.8 Å². The zero-order valence-electron chi connectivity index (χ0n) is 8.45. The first-order valence-electron chi connectivity index (χ1n) is 4.67. The van der Waals surface area contributed by atoms with E-state index in [1.807, 2.05) is 18.2 Å². The Morgan fingerprint density at radius 1 is 0.824 bits per heavy atom. The molecule has 0 aromatic heterocycles. The lowest BCUT2D eigenvalue weighted by molar-refractivity contribution is 0.460. The first-order chi connectivity index (χ1) is 8.06. The molecule has 0 aliphatic rings. The minimum atomic E-state index is 0.194. The van der Waals surface area contributed by atoms with Gasteiger partial charge >= 0.3 is 0 Å².